The van der Waals surface area contributed by atoms with Gasteiger partial charge in [0.15, 0.2) is 0 Å². The highest BCUT2D eigenvalue weighted by Crippen LogP contribution is 2.31. The second-order valence-corrected chi connectivity index (χ2v) is 9.15. The number of rotatable bonds is 5. The first kappa shape index (κ1) is 19.7. The topological polar surface area (TPSA) is 92.3 Å². The number of carbonyl (C=O) groups excluding carboxylic acids is 3. The summed E-state index contributed by atoms with van der Waals surface area (Å²) >= 11 is 1.35. The first-order chi connectivity index (χ1) is 13.9. The Kier molecular flexibility index (Phi) is 5.45. The predicted octanol–water partition coefficient (Wildman–Crippen LogP) is 3.92. The average Bonchev–Trinajstić information content (AvgIpc) is 3.23. The van der Waals surface area contributed by atoms with Crippen molar-refractivity contribution >= 4 is 34.2 Å². The fourth-order valence-electron chi connectivity index (χ4n) is 3.98. The highest BCUT2D eigenvalue weighted by Gasteiger charge is 2.40. The van der Waals surface area contributed by atoms with Crippen molar-refractivity contribution in [3.05, 3.63) is 39.9 Å². The van der Waals surface area contributed by atoms with Gasteiger partial charge >= 0.3 is 0 Å². The summed E-state index contributed by atoms with van der Waals surface area (Å²) in [5.74, 6) is -0.441. The zero-order valence-electron chi connectivity index (χ0n) is 16.6. The van der Waals surface area contributed by atoms with Crippen molar-refractivity contribution in [1.29, 1.82) is 0 Å². The van der Waals surface area contributed by atoms with Crippen molar-refractivity contribution in [2.45, 2.75) is 58.4 Å². The number of carbonyl (C=O) groups is 3. The Hall–Kier alpha value is -2.61. The minimum Gasteiger partial charge on any atom is -0.296 e. The molecule has 1 aliphatic heterocycles. The molecule has 0 radical (unpaired) electrons. The number of anilines is 1. The maximum Gasteiger partial charge on any atom is 0.261 e. The first-order valence-electron chi connectivity index (χ1n) is 10.1. The van der Waals surface area contributed by atoms with Crippen molar-refractivity contribution in [1.82, 2.24) is 15.1 Å². The summed E-state index contributed by atoms with van der Waals surface area (Å²) in [4.78, 5) is 39.7. The third-order valence-corrected chi connectivity index (χ3v) is 6.25. The zero-order chi connectivity index (χ0) is 20.5. The minimum atomic E-state index is -0.364. The summed E-state index contributed by atoms with van der Waals surface area (Å²) in [6, 6.07) is 4.65. The third kappa shape index (κ3) is 3.94. The number of fused-ring (bicyclic) bond motifs is 1. The van der Waals surface area contributed by atoms with Crippen LogP contribution in [0.25, 0.3) is 0 Å². The van der Waals surface area contributed by atoms with Crippen LogP contribution in [0, 0.1) is 5.92 Å². The molecule has 152 valence electrons. The lowest BCUT2D eigenvalue weighted by molar-refractivity contribution is 0.0549. The maximum atomic E-state index is 12.9. The normalized spacial score (nSPS) is 17.1. The Morgan fingerprint density at radius 3 is 2.59 bits per heavy atom. The van der Waals surface area contributed by atoms with E-state index in [9.17, 15) is 14.4 Å². The second-order valence-electron chi connectivity index (χ2n) is 8.09. The average molecular weight is 413 g/mol. The van der Waals surface area contributed by atoms with Gasteiger partial charge in [0.2, 0.25) is 5.13 Å². The van der Waals surface area contributed by atoms with Crippen LogP contribution < -0.4 is 5.32 Å². The number of benzene rings is 1. The summed E-state index contributed by atoms with van der Waals surface area (Å²) in [6.07, 6.45) is 5.73. The summed E-state index contributed by atoms with van der Waals surface area (Å²) in [6.45, 7) is 4.19. The van der Waals surface area contributed by atoms with Crippen molar-refractivity contribution in [2.24, 2.45) is 5.92 Å². The monoisotopic (exact) mass is 412 g/mol. The molecule has 8 heteroatoms. The SMILES string of the molecule is CC(C)Cc1nnc(NC(=O)c2ccc3c(c2)C(=O)N(C2CCCCC2)C3=O)s1. The standard InChI is InChI=1S/C21H24N4O3S/c1-12(2)10-17-23-24-21(29-17)22-18(26)13-8-9-15-16(11-13)20(28)25(19(15)27)14-6-4-3-5-7-14/h8-9,11-12,14H,3-7,10H2,1-2H3,(H,22,24,26). The molecule has 1 N–H and O–H groups in total. The minimum absolute atomic E-state index is 0.0332. The Labute approximate surface area is 173 Å². The van der Waals surface area contributed by atoms with Gasteiger partial charge in [-0.15, -0.1) is 10.2 Å². The molecule has 0 bridgehead atoms. The van der Waals surface area contributed by atoms with Crippen LogP contribution in [-0.4, -0.2) is 38.9 Å². The van der Waals surface area contributed by atoms with Crippen LogP contribution in [0.1, 0.15) is 82.0 Å². The number of nitrogens with one attached hydrogen (secondary N) is 1. The zero-order valence-corrected chi connectivity index (χ0v) is 17.4. The maximum absolute atomic E-state index is 12.9. The summed E-state index contributed by atoms with van der Waals surface area (Å²) in [7, 11) is 0. The quantitative estimate of drug-likeness (QED) is 0.752. The van der Waals surface area contributed by atoms with Crippen LogP contribution in [0.3, 0.4) is 0 Å². The van der Waals surface area contributed by atoms with Crippen LogP contribution >= 0.6 is 11.3 Å². The molecule has 0 spiro atoms. The van der Waals surface area contributed by atoms with Gasteiger partial charge in [0, 0.05) is 18.0 Å². The fourth-order valence-corrected chi connectivity index (χ4v) is 4.92. The van der Waals surface area contributed by atoms with E-state index in [4.69, 9.17) is 0 Å². The van der Waals surface area contributed by atoms with E-state index in [2.05, 4.69) is 29.4 Å². The molecule has 7 nitrogen and oxygen atoms in total. The molecule has 2 aromatic rings. The number of nitrogens with zero attached hydrogens (tertiary/aromatic N) is 3. The van der Waals surface area contributed by atoms with Gasteiger partial charge in [0.25, 0.3) is 17.7 Å². The fraction of sp³-hybridized carbons (Fsp3) is 0.476. The van der Waals surface area contributed by atoms with Crippen molar-refractivity contribution in [3.63, 3.8) is 0 Å². The molecule has 2 aliphatic rings. The van der Waals surface area contributed by atoms with E-state index in [0.29, 0.717) is 27.7 Å². The van der Waals surface area contributed by atoms with E-state index in [1.165, 1.54) is 22.3 Å². The first-order valence-corrected chi connectivity index (χ1v) is 10.9. The molecule has 1 aromatic heterocycles. The van der Waals surface area contributed by atoms with Gasteiger partial charge in [-0.05, 0) is 37.0 Å². The van der Waals surface area contributed by atoms with Crippen molar-refractivity contribution < 1.29 is 14.4 Å². The van der Waals surface area contributed by atoms with E-state index in [-0.39, 0.29) is 23.8 Å². The lowest BCUT2D eigenvalue weighted by Crippen LogP contribution is -2.40. The highest BCUT2D eigenvalue weighted by atomic mass is 32.1. The molecular weight excluding hydrogens is 388 g/mol. The molecule has 2 heterocycles. The number of amides is 3. The van der Waals surface area contributed by atoms with Gasteiger partial charge in [-0.3, -0.25) is 24.6 Å². The van der Waals surface area contributed by atoms with E-state index in [1.807, 2.05) is 0 Å². The Morgan fingerprint density at radius 1 is 1.14 bits per heavy atom. The van der Waals surface area contributed by atoms with Crippen LogP contribution in [0.15, 0.2) is 18.2 Å². The largest absolute Gasteiger partial charge is 0.296 e. The van der Waals surface area contributed by atoms with Crippen LogP contribution in [-0.2, 0) is 6.42 Å². The van der Waals surface area contributed by atoms with Crippen molar-refractivity contribution in [2.75, 3.05) is 5.32 Å². The van der Waals surface area contributed by atoms with Gasteiger partial charge in [-0.2, -0.15) is 0 Å². The molecule has 0 unspecified atom stereocenters. The molecular formula is C21H24N4O3S. The molecule has 0 atom stereocenters. The van der Waals surface area contributed by atoms with Gasteiger partial charge in [-0.25, -0.2) is 0 Å². The van der Waals surface area contributed by atoms with E-state index < -0.39 is 0 Å². The Morgan fingerprint density at radius 2 is 1.86 bits per heavy atom. The van der Waals surface area contributed by atoms with Crippen molar-refractivity contribution in [3.8, 4) is 0 Å². The highest BCUT2D eigenvalue weighted by molar-refractivity contribution is 7.15. The van der Waals surface area contributed by atoms with E-state index in [0.717, 1.165) is 43.5 Å². The number of hydrogen-bond acceptors (Lipinski definition) is 6. The summed E-state index contributed by atoms with van der Waals surface area (Å²) in [5.41, 5.74) is 1.02. The third-order valence-electron chi connectivity index (χ3n) is 5.39. The second kappa shape index (κ2) is 8.02. The van der Waals surface area contributed by atoms with Crippen LogP contribution in [0.4, 0.5) is 5.13 Å². The number of aromatic nitrogens is 2. The molecule has 1 saturated carbocycles. The van der Waals surface area contributed by atoms with Gasteiger partial charge in [0.05, 0.1) is 11.1 Å². The van der Waals surface area contributed by atoms with E-state index in [1.54, 1.807) is 12.1 Å². The molecule has 0 saturated heterocycles. The molecule has 3 amide bonds. The summed E-state index contributed by atoms with van der Waals surface area (Å²) < 4.78 is 0. The Bertz CT molecular complexity index is 963. The van der Waals surface area contributed by atoms with Gasteiger partial charge in [-0.1, -0.05) is 44.4 Å². The van der Waals surface area contributed by atoms with E-state index >= 15 is 0 Å². The number of hydrogen-bond donors (Lipinski definition) is 1. The van der Waals surface area contributed by atoms with Gasteiger partial charge in [0.1, 0.15) is 5.01 Å². The molecule has 1 fully saturated rings. The predicted molar refractivity (Wildman–Crippen MR) is 110 cm³/mol. The number of imide groups is 1. The smallest absolute Gasteiger partial charge is 0.261 e. The molecule has 4 rings (SSSR count). The van der Waals surface area contributed by atoms with Crippen LogP contribution in [0.2, 0.25) is 0 Å². The lowest BCUT2D eigenvalue weighted by atomic mass is 9.94. The Balaban J connectivity index is 1.51. The molecule has 29 heavy (non-hydrogen) atoms. The summed E-state index contributed by atoms with van der Waals surface area (Å²) in [5, 5.41) is 12.1. The molecule has 1 aromatic carbocycles. The lowest BCUT2D eigenvalue weighted by Gasteiger charge is -2.29. The van der Waals surface area contributed by atoms with Gasteiger partial charge < -0.3 is 0 Å². The molecule has 1 aliphatic carbocycles. The van der Waals surface area contributed by atoms with Crippen LogP contribution in [0.5, 0.6) is 0 Å².